The molecule has 0 aliphatic rings. The van der Waals surface area contributed by atoms with Gasteiger partial charge in [0.2, 0.25) is 11.8 Å². The molecule has 0 saturated heterocycles. The molecule has 0 amide bonds. The quantitative estimate of drug-likeness (QED) is 0.0322. The summed E-state index contributed by atoms with van der Waals surface area (Å²) >= 11 is 0. The van der Waals surface area contributed by atoms with E-state index in [1.165, 1.54) is 36.4 Å². The Labute approximate surface area is 360 Å². The van der Waals surface area contributed by atoms with Crippen LogP contribution in [0, 0.1) is 0 Å². The summed E-state index contributed by atoms with van der Waals surface area (Å²) in [5.74, 6) is -1.66. The van der Waals surface area contributed by atoms with Crippen LogP contribution in [-0.2, 0) is 18.9 Å². The Bertz CT molecular complexity index is 2070. The molecule has 2 heterocycles. The van der Waals surface area contributed by atoms with E-state index in [0.29, 0.717) is 47.0 Å². The summed E-state index contributed by atoms with van der Waals surface area (Å²) < 4.78 is 46.2. The van der Waals surface area contributed by atoms with Crippen LogP contribution in [0.15, 0.2) is 57.4 Å². The highest BCUT2D eigenvalue weighted by molar-refractivity contribution is 5.98. The number of hydrogen-bond donors (Lipinski definition) is 0. The lowest BCUT2D eigenvalue weighted by Crippen LogP contribution is -2.09. The summed E-state index contributed by atoms with van der Waals surface area (Å²) in [5.41, 5.74) is 1.81. The molecule has 16 heteroatoms. The molecule has 5 aromatic rings. The van der Waals surface area contributed by atoms with E-state index in [4.69, 9.17) is 37.3 Å². The van der Waals surface area contributed by atoms with E-state index in [9.17, 15) is 19.2 Å². The summed E-state index contributed by atoms with van der Waals surface area (Å²) in [6.07, 6.45) is 7.62. The van der Waals surface area contributed by atoms with E-state index < -0.39 is 23.9 Å². The van der Waals surface area contributed by atoms with Crippen LogP contribution in [0.25, 0.3) is 45.8 Å². The first kappa shape index (κ1) is 46.5. The van der Waals surface area contributed by atoms with Crippen LogP contribution in [0.4, 0.5) is 0 Å². The molecule has 62 heavy (non-hydrogen) atoms. The smallest absolute Gasteiger partial charge is 0.338 e. The van der Waals surface area contributed by atoms with E-state index >= 15 is 0 Å². The highest BCUT2D eigenvalue weighted by Gasteiger charge is 2.26. The zero-order valence-corrected chi connectivity index (χ0v) is 36.2. The molecular formula is C46H54N4O12. The minimum absolute atomic E-state index is 0.0190. The van der Waals surface area contributed by atoms with Gasteiger partial charge in [-0.25, -0.2) is 19.2 Å². The number of hydrogen-bond acceptors (Lipinski definition) is 16. The van der Waals surface area contributed by atoms with Crippen LogP contribution >= 0.6 is 0 Å². The SMILES string of the molecule is CCCCCCOc1cc(-c2nnc(-c3cc(C(=O)OCC)cc(C(=O)OCC)c3)o2)c(OCCCCCC)cc1-c1nnc(-c2cc(C(=O)OCC)cc(C(=O)OCC)c2)o1. The minimum atomic E-state index is -0.634. The molecule has 3 aromatic carbocycles. The maximum atomic E-state index is 12.8. The lowest BCUT2D eigenvalue weighted by molar-refractivity contribution is 0.0506. The van der Waals surface area contributed by atoms with Gasteiger partial charge in [-0.3, -0.25) is 0 Å². The number of esters is 4. The maximum absolute atomic E-state index is 12.8. The molecule has 0 aliphatic carbocycles. The van der Waals surface area contributed by atoms with Gasteiger partial charge < -0.3 is 37.3 Å². The van der Waals surface area contributed by atoms with Gasteiger partial charge in [-0.15, -0.1) is 20.4 Å². The second kappa shape index (κ2) is 23.4. The van der Waals surface area contributed by atoms with Crippen LogP contribution < -0.4 is 9.47 Å². The second-order valence-corrected chi connectivity index (χ2v) is 14.0. The van der Waals surface area contributed by atoms with Crippen molar-refractivity contribution in [1.82, 2.24) is 20.4 Å². The third-order valence-corrected chi connectivity index (χ3v) is 9.31. The number of ether oxygens (including phenoxy) is 6. The van der Waals surface area contributed by atoms with E-state index in [0.717, 1.165) is 51.4 Å². The van der Waals surface area contributed by atoms with Crippen LogP contribution in [0.2, 0.25) is 0 Å². The van der Waals surface area contributed by atoms with Crippen molar-refractivity contribution < 1.29 is 56.4 Å². The van der Waals surface area contributed by atoms with Crippen LogP contribution in [0.5, 0.6) is 11.5 Å². The van der Waals surface area contributed by atoms with Gasteiger partial charge in [0, 0.05) is 11.1 Å². The minimum Gasteiger partial charge on any atom is -0.493 e. The van der Waals surface area contributed by atoms with Gasteiger partial charge >= 0.3 is 23.9 Å². The molecule has 330 valence electrons. The molecule has 0 bridgehead atoms. The Hall–Kier alpha value is -6.58. The molecular weight excluding hydrogens is 801 g/mol. The summed E-state index contributed by atoms with van der Waals surface area (Å²) in [4.78, 5) is 51.3. The summed E-state index contributed by atoms with van der Waals surface area (Å²) in [7, 11) is 0. The number of unbranched alkanes of at least 4 members (excludes halogenated alkanes) is 6. The van der Waals surface area contributed by atoms with Crippen molar-refractivity contribution in [3.63, 3.8) is 0 Å². The Kier molecular flexibility index (Phi) is 17.6. The molecule has 0 unspecified atom stereocenters. The van der Waals surface area contributed by atoms with E-state index in [1.54, 1.807) is 39.8 Å². The third kappa shape index (κ3) is 12.3. The lowest BCUT2D eigenvalue weighted by atomic mass is 10.1. The first-order chi connectivity index (χ1) is 30.1. The molecule has 0 spiro atoms. The van der Waals surface area contributed by atoms with Crippen LogP contribution in [0.1, 0.15) is 134 Å². The average molecular weight is 855 g/mol. The molecule has 2 aromatic heterocycles. The topological polar surface area (TPSA) is 201 Å². The third-order valence-electron chi connectivity index (χ3n) is 9.31. The largest absolute Gasteiger partial charge is 0.493 e. The zero-order chi connectivity index (χ0) is 44.4. The van der Waals surface area contributed by atoms with E-state index in [2.05, 4.69) is 34.2 Å². The van der Waals surface area contributed by atoms with Crippen molar-refractivity contribution in [2.24, 2.45) is 0 Å². The Balaban J connectivity index is 1.62. The van der Waals surface area contributed by atoms with Crippen molar-refractivity contribution in [2.45, 2.75) is 92.9 Å². The van der Waals surface area contributed by atoms with Crippen molar-refractivity contribution in [2.75, 3.05) is 39.6 Å². The van der Waals surface area contributed by atoms with Crippen molar-refractivity contribution in [3.8, 4) is 57.3 Å². The fourth-order valence-corrected chi connectivity index (χ4v) is 6.28. The highest BCUT2D eigenvalue weighted by atomic mass is 16.5. The molecule has 0 N–H and O–H groups in total. The predicted octanol–water partition coefficient (Wildman–Crippen LogP) is 9.75. The van der Waals surface area contributed by atoms with Gasteiger partial charge in [-0.05, 0) is 89.1 Å². The van der Waals surface area contributed by atoms with Gasteiger partial charge in [0.1, 0.15) is 11.5 Å². The highest BCUT2D eigenvalue weighted by Crippen LogP contribution is 2.42. The molecule has 5 rings (SSSR count). The lowest BCUT2D eigenvalue weighted by Gasteiger charge is -2.15. The van der Waals surface area contributed by atoms with Crippen molar-refractivity contribution in [1.29, 1.82) is 0 Å². The molecule has 0 radical (unpaired) electrons. The van der Waals surface area contributed by atoms with Crippen LogP contribution in [-0.4, -0.2) is 83.9 Å². The Morgan fingerprint density at radius 2 is 0.742 bits per heavy atom. The molecule has 16 nitrogen and oxygen atoms in total. The second-order valence-electron chi connectivity index (χ2n) is 14.0. The monoisotopic (exact) mass is 854 g/mol. The summed E-state index contributed by atoms with van der Waals surface area (Å²) in [6, 6.07) is 12.2. The average Bonchev–Trinajstić information content (AvgIpc) is 3.98. The Morgan fingerprint density at radius 3 is 1.05 bits per heavy atom. The fraction of sp³-hybridized carbons (Fsp3) is 0.435. The van der Waals surface area contributed by atoms with Gasteiger partial charge in [-0.1, -0.05) is 52.4 Å². The number of nitrogens with zero attached hydrogens (tertiary/aromatic N) is 4. The first-order valence-electron chi connectivity index (χ1n) is 21.2. The molecule has 0 aliphatic heterocycles. The number of carbonyl (C=O) groups is 4. The number of aromatic nitrogens is 4. The number of carbonyl (C=O) groups excluding carboxylic acids is 4. The van der Waals surface area contributed by atoms with Gasteiger partial charge in [0.05, 0.1) is 73.0 Å². The fourth-order valence-electron chi connectivity index (χ4n) is 6.28. The van der Waals surface area contributed by atoms with Crippen molar-refractivity contribution in [3.05, 3.63) is 70.8 Å². The molecule has 0 saturated carbocycles. The van der Waals surface area contributed by atoms with Crippen LogP contribution in [0.3, 0.4) is 0 Å². The first-order valence-corrected chi connectivity index (χ1v) is 21.2. The maximum Gasteiger partial charge on any atom is 0.338 e. The predicted molar refractivity (Wildman–Crippen MR) is 227 cm³/mol. The Morgan fingerprint density at radius 1 is 0.419 bits per heavy atom. The molecule has 0 atom stereocenters. The van der Waals surface area contributed by atoms with Gasteiger partial charge in [-0.2, -0.15) is 0 Å². The summed E-state index contributed by atoms with van der Waals surface area (Å²) in [5, 5.41) is 17.3. The van der Waals surface area contributed by atoms with Gasteiger partial charge in [0.15, 0.2) is 0 Å². The van der Waals surface area contributed by atoms with E-state index in [1.807, 2.05) is 0 Å². The van der Waals surface area contributed by atoms with E-state index in [-0.39, 0.29) is 72.2 Å². The number of benzene rings is 3. The standard InChI is InChI=1S/C46H54N4O12/c1-7-13-15-17-19-59-37-27-36(42-50-48-40(62-42)30-23-33(45(53)57-11-5)26-34(24-30)46(54)58-12-6)38(60-20-18-16-14-8-2)28-35(37)41-49-47-39(61-41)29-21-31(43(51)55-9-3)25-32(22-29)44(52)56-10-4/h21-28H,7-20H2,1-6H3. The zero-order valence-electron chi connectivity index (χ0n) is 36.2. The summed E-state index contributed by atoms with van der Waals surface area (Å²) in [6.45, 7) is 12.2. The normalized spacial score (nSPS) is 10.9. The van der Waals surface area contributed by atoms with Gasteiger partial charge in [0.25, 0.3) is 11.8 Å². The number of rotatable bonds is 24. The van der Waals surface area contributed by atoms with Crippen molar-refractivity contribution >= 4 is 23.9 Å². The molecule has 0 fully saturated rings.